The molecule has 1 N–H and O–H groups in total. The van der Waals surface area contributed by atoms with Gasteiger partial charge in [0.2, 0.25) is 5.91 Å². The molecule has 1 saturated heterocycles. The van der Waals surface area contributed by atoms with Crippen molar-refractivity contribution in [3.05, 3.63) is 74.8 Å². The highest BCUT2D eigenvalue weighted by Crippen LogP contribution is 2.24. The highest BCUT2D eigenvalue weighted by Gasteiger charge is 2.34. The number of carbonyl (C=O) groups excluding carboxylic acids is 3. The minimum atomic E-state index is -0.600. The molecule has 1 aliphatic rings. The zero-order chi connectivity index (χ0) is 22.5. The third-order valence-corrected chi connectivity index (χ3v) is 5.30. The summed E-state index contributed by atoms with van der Waals surface area (Å²) in [6.07, 6.45) is 1.24. The van der Waals surface area contributed by atoms with Crippen LogP contribution in [0.25, 0.3) is 0 Å². The Morgan fingerprint density at radius 2 is 1.84 bits per heavy atom. The van der Waals surface area contributed by atoms with Crippen molar-refractivity contribution >= 4 is 23.5 Å². The lowest BCUT2D eigenvalue weighted by Crippen LogP contribution is -2.45. The van der Waals surface area contributed by atoms with E-state index in [-0.39, 0.29) is 24.0 Å². The normalized spacial score (nSPS) is 15.4. The first-order valence-electron chi connectivity index (χ1n) is 9.82. The zero-order valence-corrected chi connectivity index (χ0v) is 17.3. The van der Waals surface area contributed by atoms with E-state index in [1.165, 1.54) is 30.2 Å². The topological polar surface area (TPSA) is 119 Å². The molecule has 1 aliphatic heterocycles. The van der Waals surface area contributed by atoms with E-state index >= 15 is 0 Å². The smallest absolute Gasteiger partial charge is 0.337 e. The van der Waals surface area contributed by atoms with Crippen molar-refractivity contribution < 1.29 is 24.0 Å². The standard InChI is InChI=1S/C22H23N3O6/c1-14-12-17(9-10-18(14)25(29)30)21(27)24-11-3-4-19(24)20(26)23-13-15-5-7-16(8-6-15)22(28)31-2/h5-10,12,19H,3-4,11,13H2,1-2H3,(H,23,26). The minimum absolute atomic E-state index is 0.0505. The summed E-state index contributed by atoms with van der Waals surface area (Å²) in [7, 11) is 1.31. The lowest BCUT2D eigenvalue weighted by Gasteiger charge is -2.24. The van der Waals surface area contributed by atoms with Gasteiger partial charge in [0.1, 0.15) is 6.04 Å². The summed E-state index contributed by atoms with van der Waals surface area (Å²) < 4.78 is 4.66. The number of nitrogens with zero attached hydrogens (tertiary/aromatic N) is 2. The summed E-state index contributed by atoms with van der Waals surface area (Å²) in [5.74, 6) is -1.02. The van der Waals surface area contributed by atoms with Crippen molar-refractivity contribution in [1.82, 2.24) is 10.2 Å². The molecule has 31 heavy (non-hydrogen) atoms. The second kappa shape index (κ2) is 9.38. The fourth-order valence-electron chi connectivity index (χ4n) is 3.63. The Hall–Kier alpha value is -3.75. The van der Waals surface area contributed by atoms with Crippen molar-refractivity contribution in [3.63, 3.8) is 0 Å². The van der Waals surface area contributed by atoms with Gasteiger partial charge in [-0.1, -0.05) is 12.1 Å². The van der Waals surface area contributed by atoms with Crippen molar-refractivity contribution in [2.45, 2.75) is 32.4 Å². The van der Waals surface area contributed by atoms with Gasteiger partial charge in [-0.15, -0.1) is 0 Å². The van der Waals surface area contributed by atoms with Crippen LogP contribution in [0.4, 0.5) is 5.69 Å². The lowest BCUT2D eigenvalue weighted by atomic mass is 10.1. The molecule has 0 aliphatic carbocycles. The summed E-state index contributed by atoms with van der Waals surface area (Å²) in [6, 6.07) is 10.3. The number of likely N-dealkylation sites (tertiary alicyclic amines) is 1. The second-order valence-electron chi connectivity index (χ2n) is 7.32. The molecule has 162 valence electrons. The fraction of sp³-hybridized carbons (Fsp3) is 0.318. The molecule has 0 aromatic heterocycles. The molecule has 0 radical (unpaired) electrons. The molecule has 1 unspecified atom stereocenters. The Kier molecular flexibility index (Phi) is 6.64. The van der Waals surface area contributed by atoms with Gasteiger partial charge in [-0.3, -0.25) is 19.7 Å². The molecule has 2 aromatic carbocycles. The minimum Gasteiger partial charge on any atom is -0.465 e. The largest absolute Gasteiger partial charge is 0.465 e. The number of nitrogens with one attached hydrogen (secondary N) is 1. The second-order valence-corrected chi connectivity index (χ2v) is 7.32. The molecule has 0 spiro atoms. The highest BCUT2D eigenvalue weighted by molar-refractivity contribution is 5.98. The molecule has 0 saturated carbocycles. The van der Waals surface area contributed by atoms with E-state index in [0.717, 1.165) is 5.56 Å². The van der Waals surface area contributed by atoms with Gasteiger partial charge < -0.3 is 15.0 Å². The van der Waals surface area contributed by atoms with Gasteiger partial charge in [-0.25, -0.2) is 4.79 Å². The maximum absolute atomic E-state index is 12.9. The van der Waals surface area contributed by atoms with Crippen LogP contribution in [0.5, 0.6) is 0 Å². The highest BCUT2D eigenvalue weighted by atomic mass is 16.6. The maximum atomic E-state index is 12.9. The summed E-state index contributed by atoms with van der Waals surface area (Å²) >= 11 is 0. The summed E-state index contributed by atoms with van der Waals surface area (Å²) in [6.45, 7) is 2.28. The molecule has 1 heterocycles. The number of aryl methyl sites for hydroxylation is 1. The zero-order valence-electron chi connectivity index (χ0n) is 17.3. The number of carbonyl (C=O) groups is 3. The number of hydrogen-bond donors (Lipinski definition) is 1. The van der Waals surface area contributed by atoms with Crippen LogP contribution >= 0.6 is 0 Å². The number of nitro benzene ring substituents is 1. The first-order chi connectivity index (χ1) is 14.8. The van der Waals surface area contributed by atoms with E-state index in [2.05, 4.69) is 10.1 Å². The molecular formula is C22H23N3O6. The molecule has 9 nitrogen and oxygen atoms in total. The van der Waals surface area contributed by atoms with Crippen LogP contribution in [0.2, 0.25) is 0 Å². The Morgan fingerprint density at radius 1 is 1.16 bits per heavy atom. The Labute approximate surface area is 179 Å². The van der Waals surface area contributed by atoms with Crippen LogP contribution in [0.1, 0.15) is 44.7 Å². The number of hydrogen-bond acceptors (Lipinski definition) is 6. The van der Waals surface area contributed by atoms with Gasteiger partial charge in [0.15, 0.2) is 0 Å². The van der Waals surface area contributed by atoms with Crippen molar-refractivity contribution in [1.29, 1.82) is 0 Å². The summed E-state index contributed by atoms with van der Waals surface area (Å²) in [5, 5.41) is 13.8. The maximum Gasteiger partial charge on any atom is 0.337 e. The number of benzene rings is 2. The summed E-state index contributed by atoms with van der Waals surface area (Å²) in [4.78, 5) is 49.2. The Morgan fingerprint density at radius 3 is 2.45 bits per heavy atom. The monoisotopic (exact) mass is 425 g/mol. The number of methoxy groups -OCH3 is 1. The predicted octanol–water partition coefficient (Wildman–Crippen LogP) is 2.61. The van der Waals surface area contributed by atoms with Gasteiger partial charge >= 0.3 is 5.97 Å². The molecule has 9 heteroatoms. The SMILES string of the molecule is COC(=O)c1ccc(CNC(=O)C2CCCN2C(=O)c2ccc([N+](=O)[O-])c(C)c2)cc1. The molecule has 1 atom stereocenters. The Balaban J connectivity index is 1.65. The fourth-order valence-corrected chi connectivity index (χ4v) is 3.63. The van der Waals surface area contributed by atoms with E-state index in [4.69, 9.17) is 0 Å². The quantitative estimate of drug-likeness (QED) is 0.432. The van der Waals surface area contributed by atoms with Gasteiger partial charge in [-0.05, 0) is 49.6 Å². The van der Waals surface area contributed by atoms with Crippen molar-refractivity contribution in [3.8, 4) is 0 Å². The van der Waals surface area contributed by atoms with E-state index in [0.29, 0.717) is 36.1 Å². The van der Waals surface area contributed by atoms with Gasteiger partial charge in [-0.2, -0.15) is 0 Å². The first kappa shape index (κ1) is 21.9. The van der Waals surface area contributed by atoms with E-state index in [1.807, 2.05) is 0 Å². The van der Waals surface area contributed by atoms with E-state index in [9.17, 15) is 24.5 Å². The molecule has 2 aromatic rings. The molecule has 3 rings (SSSR count). The van der Waals surface area contributed by atoms with Gasteiger partial charge in [0.05, 0.1) is 17.6 Å². The molecule has 1 fully saturated rings. The van der Waals surface area contributed by atoms with Crippen LogP contribution in [0, 0.1) is 17.0 Å². The third kappa shape index (κ3) is 4.88. The number of amides is 2. The average molecular weight is 425 g/mol. The predicted molar refractivity (Wildman–Crippen MR) is 112 cm³/mol. The van der Waals surface area contributed by atoms with Gasteiger partial charge in [0, 0.05) is 30.3 Å². The number of nitro groups is 1. The first-order valence-corrected chi connectivity index (χ1v) is 9.82. The van der Waals surface area contributed by atoms with Crippen LogP contribution in [0.3, 0.4) is 0 Å². The van der Waals surface area contributed by atoms with Crippen LogP contribution < -0.4 is 5.32 Å². The van der Waals surface area contributed by atoms with E-state index < -0.39 is 16.9 Å². The van der Waals surface area contributed by atoms with Crippen molar-refractivity contribution in [2.75, 3.05) is 13.7 Å². The molecule has 0 bridgehead atoms. The van der Waals surface area contributed by atoms with Crippen LogP contribution in [-0.4, -0.2) is 47.3 Å². The van der Waals surface area contributed by atoms with Crippen LogP contribution in [-0.2, 0) is 16.1 Å². The van der Waals surface area contributed by atoms with E-state index in [1.54, 1.807) is 31.2 Å². The summed E-state index contributed by atoms with van der Waals surface area (Å²) in [5.41, 5.74) is 1.89. The number of ether oxygens (including phenoxy) is 1. The number of esters is 1. The molecule has 2 amide bonds. The van der Waals surface area contributed by atoms with Crippen LogP contribution in [0.15, 0.2) is 42.5 Å². The third-order valence-electron chi connectivity index (χ3n) is 5.30. The van der Waals surface area contributed by atoms with Crippen molar-refractivity contribution in [2.24, 2.45) is 0 Å². The average Bonchev–Trinajstić information content (AvgIpc) is 3.26. The number of rotatable bonds is 6. The molecular weight excluding hydrogens is 402 g/mol. The lowest BCUT2D eigenvalue weighted by molar-refractivity contribution is -0.385. The Bertz CT molecular complexity index is 1020. The van der Waals surface area contributed by atoms with Gasteiger partial charge in [0.25, 0.3) is 11.6 Å².